The molecule has 4 fully saturated rings. The zero-order valence-electron chi connectivity index (χ0n) is 90.0. The summed E-state index contributed by atoms with van der Waals surface area (Å²) in [6, 6.07) is 31.5. The summed E-state index contributed by atoms with van der Waals surface area (Å²) in [5, 5.41) is 92.1. The number of para-hydroxylation sites is 8. The van der Waals surface area contributed by atoms with E-state index >= 15 is 0 Å². The van der Waals surface area contributed by atoms with Crippen molar-refractivity contribution in [1.82, 2.24) is 42.9 Å². The highest BCUT2D eigenvalue weighted by molar-refractivity contribution is 7.44. The molecule has 136 heavy (non-hydrogen) atoms. The molecule has 0 radical (unpaired) electrons. The standard InChI is InChI=1S/C30H46N5O6PSi.C21H29N3O5Si.C15H15N3O6.C15H15N3O5.C7H18Si.3CH4O.2CH4/c1-19(2)35(20(3)4)42(37-17-13-16-31)40-25-21(5)38-28(26(25)41-43(9,10)30(6,7)8)34-18-24-27(33-29(34)36)32-22-14-11-12-15-23(22)39-24;1-12-16(25)17(29-30(5,6)21(2,3)4)19(27-12)24-11-15-18(23-20(24)26)22-13-9-7-8-10-14(13)28-15;19-6-10-11(20)12(21)14(24-10)18-5-9-13(17-15(18)22)16-7-3-1-2-4-8(7)23-9;1-7-11(19)12(20)14(22-7)18-6-10-13(17-15(18)21)16-8-4-2-3-5-9(8)23-10;1-7(2,3)8(4,5)6;3*1-2;;/h11-12,14-15,18-21,25-26,28H,13,17H2,1-10H3,(H,32,33,36);7-12,16-17,19,25H,1-6H3,(H,22,23,26);1-5,10-12,14,19-21H,6H2,(H,16,17,22);2-7,11-12,14,19-20H,1H3,(H,16,17,21);1-6H3;3*2H,1H3;2*1H4/t21-,25?,26+,28-,42?;12-,16?,17+,19-;10-,11?,12+,14-;7-,11?,12+,14-;;;;;;/m1111....../s1/i5D;1D;;1D;;3*2T;1T;1D. The van der Waals surface area contributed by atoms with Crippen LogP contribution in [0.1, 0.15) is 164 Å². The Hall–Kier alpha value is -9.35. The van der Waals surface area contributed by atoms with Crippen molar-refractivity contribution >= 4 is 79.3 Å². The Morgan fingerprint density at radius 1 is 0.485 bits per heavy atom. The van der Waals surface area contributed by atoms with E-state index in [4.69, 9.17) is 72.0 Å². The molecular weight excluding hydrogens is 1830 g/mol. The lowest BCUT2D eigenvalue weighted by atomic mass is 10.1. The lowest BCUT2D eigenvalue weighted by molar-refractivity contribution is -0.0551. The minimum Gasteiger partial charge on any atom is -0.450 e. The average molecular weight is 1980 g/mol. The summed E-state index contributed by atoms with van der Waals surface area (Å²) in [5.74, 6) is 4.85. The smallest absolute Gasteiger partial charge is 0.351 e. The third-order valence-electron chi connectivity index (χ3n) is 24.3. The van der Waals surface area contributed by atoms with Crippen LogP contribution >= 0.6 is 8.53 Å². The van der Waals surface area contributed by atoms with Gasteiger partial charge in [0.2, 0.25) is 4.29 Å². The Bertz CT molecular complexity index is 5570. The summed E-state index contributed by atoms with van der Waals surface area (Å²) in [6.45, 7) is 42.8. The number of aliphatic hydroxyl groups excluding tert-OH is 9. The van der Waals surface area contributed by atoms with Gasteiger partial charge >= 0.3 is 22.8 Å². The maximum Gasteiger partial charge on any atom is 0.351 e. The third-order valence-corrected chi connectivity index (χ3v) is 39.8. The number of rotatable bonds is 17. The molecule has 4 aromatic carbocycles. The molecule has 5 unspecified atom stereocenters. The molecule has 13 N–H and O–H groups in total. The Morgan fingerprint density at radius 3 is 1.10 bits per heavy atom. The SMILES string of the molecule is CC(C)(C)[Si](C)(C)C.O=c1nc2c(cn1[C@@H]1O[C@H](CO)C(O)[C@@H]1O)Oc1ccccc1N2.[2H]C.[2H]C[C@H]1O[C@@H](n2cc3c(nc2=O)Nc2ccccc2O3)[C@@H](O)C1O.[2H]C[C@H]1O[C@@H](n2cc3c(nc2=O)Nc2ccccc2O3)[C@@H](O[Si](C)(C)C(C)(C)C)C1O.[2H]C[C@H]1O[C@@H](n2cc3c(nc2=O)Nc2ccccc2O3)[C@@H](O[Si](C)(C)C(C)(C)C)C1OP(OCCC#N)N(C(C)C)C(C)C.[3H]C.[3H]OC.[3H]OC.[3H]OC. The summed E-state index contributed by atoms with van der Waals surface area (Å²) < 4.78 is 132. The molecule has 39 nitrogen and oxygen atoms in total. The van der Waals surface area contributed by atoms with Crippen molar-refractivity contribution in [3.63, 3.8) is 0 Å². The Kier molecular flexibility index (Phi) is 35.3. The fourth-order valence-corrected chi connectivity index (χ4v) is 17.9. The van der Waals surface area contributed by atoms with Gasteiger partial charge in [0.1, 0.15) is 54.9 Å². The van der Waals surface area contributed by atoms with E-state index in [0.717, 1.165) is 14.8 Å². The monoisotopic (exact) mass is 1980 g/mol. The maximum absolute atomic E-state index is 13.6. The van der Waals surface area contributed by atoms with Crippen LogP contribution in [0.2, 0.25) is 60.9 Å². The highest BCUT2D eigenvalue weighted by atomic mass is 31.2. The maximum atomic E-state index is 13.6. The molecule has 4 aromatic heterocycles. The number of hydrogen-bond acceptors (Lipinski definition) is 35. The van der Waals surface area contributed by atoms with E-state index in [0.29, 0.717) is 74.0 Å². The van der Waals surface area contributed by atoms with Gasteiger partial charge in [0, 0.05) is 48.3 Å². The predicted octanol–water partition coefficient (Wildman–Crippen LogP) is 14.5. The summed E-state index contributed by atoms with van der Waals surface area (Å²) in [7, 11) is -0.923. The number of nitrogens with one attached hydrogen (secondary N) is 4. The Labute approximate surface area is 811 Å². The van der Waals surface area contributed by atoms with Crippen LogP contribution in [0.4, 0.5) is 46.0 Å². The van der Waals surface area contributed by atoms with Gasteiger partial charge < -0.3 is 123 Å². The molecule has 752 valence electrons. The topological polar surface area (TPSA) is 508 Å². The van der Waals surface area contributed by atoms with Gasteiger partial charge in [-0.3, -0.25) is 18.3 Å². The number of anilines is 8. The molecule has 4 saturated heterocycles. The van der Waals surface area contributed by atoms with Gasteiger partial charge in [-0.2, -0.15) is 25.2 Å². The van der Waals surface area contributed by atoms with Gasteiger partial charge in [-0.1, -0.05) is 145 Å². The molecule has 0 bridgehead atoms. The van der Waals surface area contributed by atoms with Crippen LogP contribution in [0.5, 0.6) is 46.0 Å². The van der Waals surface area contributed by atoms with Gasteiger partial charge in [0.05, 0.1) is 91.6 Å². The number of aromatic nitrogens is 8. The van der Waals surface area contributed by atoms with Crippen LogP contribution in [0.3, 0.4) is 0 Å². The summed E-state index contributed by atoms with van der Waals surface area (Å²) >= 11 is 0. The van der Waals surface area contributed by atoms with Gasteiger partial charge in [-0.15, -0.1) is 0 Å². The van der Waals surface area contributed by atoms with E-state index in [2.05, 4.69) is 203 Å². The summed E-state index contributed by atoms with van der Waals surface area (Å²) in [4.78, 5) is 67.3. The molecule has 8 aliphatic rings. The fraction of sp³-hybridized carbons (Fsp3) is 0.559. The zero-order chi connectivity index (χ0) is 108. The van der Waals surface area contributed by atoms with Crippen LogP contribution in [0, 0.1) is 11.3 Å². The van der Waals surface area contributed by atoms with Gasteiger partial charge in [-0.05, 0) is 138 Å². The van der Waals surface area contributed by atoms with Crippen LogP contribution in [0.15, 0.2) is 141 Å². The molecule has 43 heteroatoms. The minimum atomic E-state index is -2.47. The molecule has 16 rings (SSSR count). The van der Waals surface area contributed by atoms with Crippen molar-refractivity contribution in [2.75, 3.05) is 55.8 Å². The van der Waals surface area contributed by atoms with Crippen LogP contribution in [-0.2, 0) is 36.8 Å². The highest BCUT2D eigenvalue weighted by Gasteiger charge is 2.54. The first-order valence-corrected chi connectivity index (χ1v) is 54.1. The average Bonchev–Trinajstić information content (AvgIpc) is 1.58. The van der Waals surface area contributed by atoms with E-state index in [1.54, 1.807) is 36.5 Å². The summed E-state index contributed by atoms with van der Waals surface area (Å²) in [5.41, 5.74) is 0.370. The molecule has 0 amide bonds. The molecule has 0 aliphatic carbocycles. The van der Waals surface area contributed by atoms with Gasteiger partial charge in [0.25, 0.3) is 8.53 Å². The second-order valence-corrected chi connectivity index (χ2v) is 54.6. The first kappa shape index (κ1) is 101. The second-order valence-electron chi connectivity index (χ2n) is 37.7. The molecule has 12 heterocycles. The van der Waals surface area contributed by atoms with E-state index in [1.807, 2.05) is 66.7 Å². The quantitative estimate of drug-likeness (QED) is 0.0229. The largest absolute Gasteiger partial charge is 0.450 e. The number of ether oxygens (including phenoxy) is 8. The zero-order valence-corrected chi connectivity index (χ0v) is 85.9. The summed E-state index contributed by atoms with van der Waals surface area (Å²) in [6.07, 6.45) is -9.95. The fourth-order valence-electron chi connectivity index (χ4n) is 13.6. The molecule has 0 spiro atoms. The predicted molar refractivity (Wildman–Crippen MR) is 528 cm³/mol. The molecule has 17 atom stereocenters. The van der Waals surface area contributed by atoms with Crippen molar-refractivity contribution < 1.29 is 109 Å². The molecule has 0 saturated carbocycles. The van der Waals surface area contributed by atoms with Crippen LogP contribution in [0.25, 0.3) is 0 Å². The van der Waals surface area contributed by atoms with Gasteiger partial charge in [0.15, 0.2) is 111 Å². The normalized spacial score (nSPS) is 24.2. The minimum absolute atomic E-state index is 0.0792. The number of hydrogen-bond donors (Lipinski definition) is 13. The van der Waals surface area contributed by atoms with E-state index in [1.165, 1.54) is 63.9 Å². The van der Waals surface area contributed by atoms with Crippen LogP contribution < -0.4 is 63.0 Å². The number of nitrogens with zero attached hydrogens (tertiary/aromatic N) is 10. The van der Waals surface area contributed by atoms with Crippen LogP contribution in [-0.4, -0.2) is 238 Å². The van der Waals surface area contributed by atoms with Crippen molar-refractivity contribution in [1.29, 1.82) is 9.56 Å². The van der Waals surface area contributed by atoms with Crippen molar-refractivity contribution in [3.05, 3.63) is 164 Å². The second kappa shape index (κ2) is 47.5. The lowest BCUT2D eigenvalue weighted by Gasteiger charge is -2.42. The first-order valence-electron chi connectivity index (χ1n) is 49.0. The Balaban J connectivity index is 0.000000249. The number of nitriles is 1. The molecule has 8 aromatic rings. The lowest BCUT2D eigenvalue weighted by Crippen LogP contribution is -2.50. The highest BCUT2D eigenvalue weighted by Crippen LogP contribution is 2.54. The van der Waals surface area contributed by atoms with Gasteiger partial charge in [-0.25, -0.2) is 23.8 Å². The van der Waals surface area contributed by atoms with Crippen molar-refractivity contribution in [2.24, 2.45) is 0 Å². The number of benzene rings is 4. The first-order chi connectivity index (χ1) is 67.8. The van der Waals surface area contributed by atoms with E-state index < -0.39 is 161 Å². The van der Waals surface area contributed by atoms with Crippen molar-refractivity contribution in [3.8, 4) is 52.1 Å². The molecular formula is C93H143N14O25PSi3. The Morgan fingerprint density at radius 2 is 0.787 bits per heavy atom. The number of aliphatic hydroxyl groups is 9. The van der Waals surface area contributed by atoms with Crippen molar-refractivity contribution in [2.45, 2.75) is 303 Å². The molecule has 8 aliphatic heterocycles. The van der Waals surface area contributed by atoms with E-state index in [-0.39, 0.29) is 73.3 Å². The number of fused-ring (bicyclic) bond motifs is 8. The third kappa shape index (κ3) is 26.0. The van der Waals surface area contributed by atoms with E-state index in [9.17, 15) is 50.0 Å².